The summed E-state index contributed by atoms with van der Waals surface area (Å²) in [6.07, 6.45) is 2.73. The fourth-order valence-corrected chi connectivity index (χ4v) is 1.62. The van der Waals surface area contributed by atoms with Crippen molar-refractivity contribution in [3.8, 4) is 0 Å². The second kappa shape index (κ2) is 7.15. The third kappa shape index (κ3) is 4.69. The number of nitro groups is 1. The van der Waals surface area contributed by atoms with Gasteiger partial charge in [-0.3, -0.25) is 9.63 Å². The molecular formula is C13H14N4O4. The lowest BCUT2D eigenvalue weighted by atomic mass is 10.2. The Kier molecular flexibility index (Phi) is 4.99. The molecule has 1 N–H and O–H groups in total. The quantitative estimate of drug-likeness (QED) is 0.614. The van der Waals surface area contributed by atoms with Gasteiger partial charge in [0.05, 0.1) is 6.61 Å². The van der Waals surface area contributed by atoms with Gasteiger partial charge < -0.3 is 14.7 Å². The highest BCUT2D eigenvalue weighted by atomic mass is 16.7. The van der Waals surface area contributed by atoms with Crippen LogP contribution in [-0.2, 0) is 22.8 Å². The van der Waals surface area contributed by atoms with Gasteiger partial charge in [0.25, 0.3) is 0 Å². The number of amides is 1. The van der Waals surface area contributed by atoms with Crippen LogP contribution in [0.2, 0.25) is 0 Å². The second-order valence-corrected chi connectivity index (χ2v) is 4.28. The van der Waals surface area contributed by atoms with E-state index in [4.69, 9.17) is 4.84 Å². The number of carbonyl (C=O) groups excluding carboxylic acids is 1. The third-order valence-electron chi connectivity index (χ3n) is 2.67. The molecule has 8 nitrogen and oxygen atoms in total. The molecule has 0 fully saturated rings. The topological polar surface area (TPSA) is 99.3 Å². The summed E-state index contributed by atoms with van der Waals surface area (Å²) < 4.78 is 1.48. The van der Waals surface area contributed by atoms with Crippen molar-refractivity contribution in [3.63, 3.8) is 0 Å². The number of aromatic nitrogens is 2. The molecule has 0 unspecified atom stereocenters. The van der Waals surface area contributed by atoms with Crippen molar-refractivity contribution < 1.29 is 14.6 Å². The molecule has 0 spiro atoms. The number of benzene rings is 1. The van der Waals surface area contributed by atoms with Crippen LogP contribution in [-0.4, -0.2) is 20.4 Å². The van der Waals surface area contributed by atoms with Crippen LogP contribution in [0, 0.1) is 10.1 Å². The molecule has 1 aromatic carbocycles. The van der Waals surface area contributed by atoms with E-state index in [1.165, 1.54) is 17.1 Å². The van der Waals surface area contributed by atoms with E-state index in [2.05, 4.69) is 10.5 Å². The molecule has 0 saturated carbocycles. The van der Waals surface area contributed by atoms with Crippen molar-refractivity contribution in [1.82, 2.24) is 15.0 Å². The van der Waals surface area contributed by atoms with Gasteiger partial charge in [0.2, 0.25) is 12.2 Å². The molecular weight excluding hydrogens is 276 g/mol. The number of hydroxylamine groups is 1. The molecule has 0 saturated heterocycles. The Bertz CT molecular complexity index is 612. The first-order valence-corrected chi connectivity index (χ1v) is 6.26. The van der Waals surface area contributed by atoms with Crippen LogP contribution in [0.25, 0.3) is 0 Å². The lowest BCUT2D eigenvalue weighted by Gasteiger charge is -2.05. The average Bonchev–Trinajstić information content (AvgIpc) is 2.95. The van der Waals surface area contributed by atoms with E-state index >= 15 is 0 Å². The Labute approximate surface area is 120 Å². The van der Waals surface area contributed by atoms with Gasteiger partial charge in [-0.1, -0.05) is 30.3 Å². The van der Waals surface area contributed by atoms with Crippen molar-refractivity contribution in [2.45, 2.75) is 19.6 Å². The van der Waals surface area contributed by atoms with Gasteiger partial charge in [-0.25, -0.2) is 5.48 Å². The number of hydrogen-bond donors (Lipinski definition) is 1. The van der Waals surface area contributed by atoms with E-state index in [-0.39, 0.29) is 24.8 Å². The van der Waals surface area contributed by atoms with Crippen molar-refractivity contribution in [2.24, 2.45) is 0 Å². The Morgan fingerprint density at radius 3 is 2.81 bits per heavy atom. The van der Waals surface area contributed by atoms with E-state index in [1.807, 2.05) is 30.3 Å². The second-order valence-electron chi connectivity index (χ2n) is 4.28. The predicted octanol–water partition coefficient (Wildman–Crippen LogP) is 1.43. The van der Waals surface area contributed by atoms with Crippen LogP contribution < -0.4 is 5.48 Å². The number of aryl methyl sites for hydroxylation is 1. The number of imidazole rings is 1. The first kappa shape index (κ1) is 14.7. The minimum absolute atomic E-state index is 0.141. The van der Waals surface area contributed by atoms with E-state index in [0.29, 0.717) is 6.54 Å². The standard InChI is InChI=1S/C13H14N4O4/c18-13(15-21-9-11-4-2-1-3-5-11)6-7-16-8-12(14-10-16)17(19)20/h1-5,8,10H,6-7,9H2,(H,15,18). The lowest BCUT2D eigenvalue weighted by molar-refractivity contribution is -0.389. The van der Waals surface area contributed by atoms with Crippen molar-refractivity contribution in [3.05, 3.63) is 58.5 Å². The molecule has 0 aliphatic carbocycles. The van der Waals surface area contributed by atoms with Gasteiger partial charge in [0.15, 0.2) is 0 Å². The zero-order valence-electron chi connectivity index (χ0n) is 11.1. The molecule has 8 heteroatoms. The van der Waals surface area contributed by atoms with Crippen LogP contribution in [0.3, 0.4) is 0 Å². The van der Waals surface area contributed by atoms with Gasteiger partial charge in [-0.15, -0.1) is 0 Å². The number of nitrogens with zero attached hydrogens (tertiary/aromatic N) is 3. The van der Waals surface area contributed by atoms with Crippen LogP contribution in [0.1, 0.15) is 12.0 Å². The van der Waals surface area contributed by atoms with Crippen LogP contribution >= 0.6 is 0 Å². The van der Waals surface area contributed by atoms with E-state index in [0.717, 1.165) is 5.56 Å². The summed E-state index contributed by atoms with van der Waals surface area (Å²) in [6, 6.07) is 9.43. The first-order chi connectivity index (χ1) is 10.1. The minimum atomic E-state index is -0.584. The highest BCUT2D eigenvalue weighted by Crippen LogP contribution is 2.06. The van der Waals surface area contributed by atoms with E-state index in [1.54, 1.807) is 0 Å². The molecule has 0 aliphatic rings. The fraction of sp³-hybridized carbons (Fsp3) is 0.231. The molecule has 21 heavy (non-hydrogen) atoms. The fourth-order valence-electron chi connectivity index (χ4n) is 1.62. The molecule has 110 valence electrons. The maximum atomic E-state index is 11.5. The van der Waals surface area contributed by atoms with Crippen LogP contribution in [0.4, 0.5) is 5.82 Å². The normalized spacial score (nSPS) is 10.3. The van der Waals surface area contributed by atoms with Gasteiger partial charge >= 0.3 is 5.82 Å². The summed E-state index contributed by atoms with van der Waals surface area (Å²) in [4.78, 5) is 30.1. The highest BCUT2D eigenvalue weighted by Gasteiger charge is 2.10. The third-order valence-corrected chi connectivity index (χ3v) is 2.67. The molecule has 1 amide bonds. The van der Waals surface area contributed by atoms with Crippen LogP contribution in [0.15, 0.2) is 42.9 Å². The molecule has 2 aromatic rings. The summed E-state index contributed by atoms with van der Waals surface area (Å²) in [5.41, 5.74) is 3.27. The number of carbonyl (C=O) groups is 1. The number of hydrogen-bond acceptors (Lipinski definition) is 5. The number of rotatable bonds is 7. The molecule has 1 aromatic heterocycles. The van der Waals surface area contributed by atoms with Crippen LogP contribution in [0.5, 0.6) is 0 Å². The van der Waals surface area contributed by atoms with Crippen molar-refractivity contribution >= 4 is 11.7 Å². The molecule has 0 bridgehead atoms. The predicted molar refractivity (Wildman–Crippen MR) is 72.9 cm³/mol. The Hall–Kier alpha value is -2.74. The maximum Gasteiger partial charge on any atom is 0.381 e. The van der Waals surface area contributed by atoms with Gasteiger partial charge in [-0.2, -0.15) is 0 Å². The molecule has 0 radical (unpaired) electrons. The molecule has 0 atom stereocenters. The average molecular weight is 290 g/mol. The van der Waals surface area contributed by atoms with Gasteiger partial charge in [0, 0.05) is 13.0 Å². The summed E-state index contributed by atoms with van der Waals surface area (Å²) in [7, 11) is 0. The summed E-state index contributed by atoms with van der Waals surface area (Å²) in [5.74, 6) is -0.544. The van der Waals surface area contributed by atoms with E-state index < -0.39 is 4.92 Å². The zero-order chi connectivity index (χ0) is 15.1. The largest absolute Gasteiger partial charge is 0.381 e. The Morgan fingerprint density at radius 2 is 2.14 bits per heavy atom. The SMILES string of the molecule is O=C(CCn1cnc([N+](=O)[O-])c1)NOCc1ccccc1. The van der Waals surface area contributed by atoms with Gasteiger partial charge in [-0.05, 0) is 15.5 Å². The molecule has 2 rings (SSSR count). The molecule has 1 heterocycles. The van der Waals surface area contributed by atoms with Crippen molar-refractivity contribution in [1.29, 1.82) is 0 Å². The van der Waals surface area contributed by atoms with Crippen molar-refractivity contribution in [2.75, 3.05) is 0 Å². The smallest absolute Gasteiger partial charge is 0.358 e. The summed E-state index contributed by atoms with van der Waals surface area (Å²) >= 11 is 0. The van der Waals surface area contributed by atoms with E-state index in [9.17, 15) is 14.9 Å². The number of nitrogens with one attached hydrogen (secondary N) is 1. The summed E-state index contributed by atoms with van der Waals surface area (Å²) in [5, 5.41) is 10.5. The zero-order valence-corrected chi connectivity index (χ0v) is 11.1. The Morgan fingerprint density at radius 1 is 1.38 bits per heavy atom. The maximum absolute atomic E-state index is 11.5. The highest BCUT2D eigenvalue weighted by molar-refractivity contribution is 5.74. The summed E-state index contributed by atoms with van der Waals surface area (Å²) in [6.45, 7) is 0.574. The monoisotopic (exact) mass is 290 g/mol. The molecule has 0 aliphatic heterocycles. The van der Waals surface area contributed by atoms with Gasteiger partial charge in [0.1, 0.15) is 6.20 Å². The Balaban J connectivity index is 1.68. The lowest BCUT2D eigenvalue weighted by Crippen LogP contribution is -2.24. The first-order valence-electron chi connectivity index (χ1n) is 6.26. The minimum Gasteiger partial charge on any atom is -0.358 e.